The molecular weight excluding hydrogens is 340 g/mol. The molecule has 1 saturated heterocycles. The second kappa shape index (κ2) is 10.5. The summed E-state index contributed by atoms with van der Waals surface area (Å²) >= 11 is 6.34. The average molecular weight is 369 g/mol. The molecule has 1 heterocycles. The Morgan fingerprint density at radius 3 is 2.88 bits per heavy atom. The number of likely N-dealkylation sites (tertiary alicyclic amines) is 1. The summed E-state index contributed by atoms with van der Waals surface area (Å²) < 4.78 is 11.1. The number of hydrogen-bond donors (Lipinski definition) is 1. The molecule has 25 heavy (non-hydrogen) atoms. The number of methoxy groups -OCH3 is 1. The predicted molar refractivity (Wildman–Crippen MR) is 101 cm³/mol. The van der Waals surface area contributed by atoms with E-state index in [4.69, 9.17) is 21.1 Å². The lowest BCUT2D eigenvalue weighted by Gasteiger charge is -2.20. The Morgan fingerprint density at radius 1 is 1.28 bits per heavy atom. The minimum atomic E-state index is 0.279. The first-order chi connectivity index (χ1) is 12.2. The normalized spacial score (nSPS) is 15.2. The SMILES string of the molecule is CCCOc1c(Cl)cc(CNCCN2CCCCCC2=O)cc1OC. The zero-order valence-corrected chi connectivity index (χ0v) is 16.0. The predicted octanol–water partition coefficient (Wildman–Crippen LogP) is 3.63. The van der Waals surface area contributed by atoms with Gasteiger partial charge in [-0.3, -0.25) is 4.79 Å². The quantitative estimate of drug-likeness (QED) is 0.676. The van der Waals surface area contributed by atoms with Crippen LogP contribution in [0.2, 0.25) is 5.02 Å². The van der Waals surface area contributed by atoms with E-state index in [0.29, 0.717) is 36.1 Å². The number of halogens is 1. The summed E-state index contributed by atoms with van der Waals surface area (Å²) in [6, 6.07) is 3.85. The van der Waals surface area contributed by atoms with E-state index in [0.717, 1.165) is 50.9 Å². The van der Waals surface area contributed by atoms with Gasteiger partial charge >= 0.3 is 0 Å². The van der Waals surface area contributed by atoms with Gasteiger partial charge in [-0.05, 0) is 37.0 Å². The van der Waals surface area contributed by atoms with Crippen molar-refractivity contribution in [1.29, 1.82) is 0 Å². The summed E-state index contributed by atoms with van der Waals surface area (Å²) in [6.07, 6.45) is 4.88. The fraction of sp³-hybridized carbons (Fsp3) is 0.632. The fourth-order valence-electron chi connectivity index (χ4n) is 2.94. The van der Waals surface area contributed by atoms with E-state index in [-0.39, 0.29) is 5.91 Å². The zero-order valence-electron chi connectivity index (χ0n) is 15.3. The third-order valence-electron chi connectivity index (χ3n) is 4.30. The summed E-state index contributed by atoms with van der Waals surface area (Å²) in [7, 11) is 1.62. The van der Waals surface area contributed by atoms with Gasteiger partial charge in [-0.1, -0.05) is 24.9 Å². The fourth-order valence-corrected chi connectivity index (χ4v) is 3.23. The molecule has 0 radical (unpaired) electrons. The maximum absolute atomic E-state index is 12.0. The van der Waals surface area contributed by atoms with E-state index < -0.39 is 0 Å². The van der Waals surface area contributed by atoms with Crippen LogP contribution in [-0.2, 0) is 11.3 Å². The van der Waals surface area contributed by atoms with Crippen molar-refractivity contribution >= 4 is 17.5 Å². The minimum absolute atomic E-state index is 0.279. The Labute approximate surface area is 155 Å². The standard InChI is InChI=1S/C19H29ClN2O3/c1-3-11-25-19-16(20)12-15(13-17(19)24-2)14-21-8-10-22-9-6-4-5-7-18(22)23/h12-13,21H,3-11,14H2,1-2H3. The third-order valence-corrected chi connectivity index (χ3v) is 4.58. The molecule has 1 fully saturated rings. The van der Waals surface area contributed by atoms with Crippen LogP contribution >= 0.6 is 11.6 Å². The molecule has 6 heteroatoms. The van der Waals surface area contributed by atoms with Crippen LogP contribution in [0.1, 0.15) is 44.6 Å². The molecule has 140 valence electrons. The Kier molecular flexibility index (Phi) is 8.35. The molecular formula is C19H29ClN2O3. The van der Waals surface area contributed by atoms with Gasteiger partial charge in [0, 0.05) is 32.6 Å². The maximum atomic E-state index is 12.0. The van der Waals surface area contributed by atoms with Gasteiger partial charge in [0.1, 0.15) is 0 Å². The number of benzene rings is 1. The molecule has 0 aliphatic carbocycles. The number of nitrogens with zero attached hydrogens (tertiary/aromatic N) is 1. The second-order valence-electron chi connectivity index (χ2n) is 6.33. The Hall–Kier alpha value is -1.46. The van der Waals surface area contributed by atoms with Gasteiger partial charge in [0.05, 0.1) is 18.7 Å². The van der Waals surface area contributed by atoms with Crippen LogP contribution in [0, 0.1) is 0 Å². The highest BCUT2D eigenvalue weighted by molar-refractivity contribution is 6.32. The number of nitrogens with one attached hydrogen (secondary N) is 1. The summed E-state index contributed by atoms with van der Waals surface area (Å²) in [5.74, 6) is 1.53. The van der Waals surface area contributed by atoms with Gasteiger partial charge in [0.2, 0.25) is 5.91 Å². The largest absolute Gasteiger partial charge is 0.493 e. The van der Waals surface area contributed by atoms with Gasteiger partial charge in [0.15, 0.2) is 11.5 Å². The zero-order chi connectivity index (χ0) is 18.1. The lowest BCUT2D eigenvalue weighted by atomic mass is 10.2. The first-order valence-corrected chi connectivity index (χ1v) is 9.51. The molecule has 1 amide bonds. The Morgan fingerprint density at radius 2 is 2.12 bits per heavy atom. The first-order valence-electron chi connectivity index (χ1n) is 9.13. The molecule has 0 aromatic heterocycles. The van der Waals surface area contributed by atoms with Crippen molar-refractivity contribution in [3.05, 3.63) is 22.7 Å². The summed E-state index contributed by atoms with van der Waals surface area (Å²) in [4.78, 5) is 13.9. The molecule has 1 aliphatic heterocycles. The number of amides is 1. The Bertz CT molecular complexity index is 566. The van der Waals surface area contributed by atoms with Crippen LogP contribution in [0.15, 0.2) is 12.1 Å². The van der Waals surface area contributed by atoms with Crippen molar-refractivity contribution < 1.29 is 14.3 Å². The van der Waals surface area contributed by atoms with Crippen LogP contribution in [0.4, 0.5) is 0 Å². The number of carbonyl (C=O) groups is 1. The molecule has 0 unspecified atom stereocenters. The highest BCUT2D eigenvalue weighted by atomic mass is 35.5. The van der Waals surface area contributed by atoms with Crippen LogP contribution < -0.4 is 14.8 Å². The molecule has 1 N–H and O–H groups in total. The van der Waals surface area contributed by atoms with E-state index in [1.54, 1.807) is 7.11 Å². The highest BCUT2D eigenvalue weighted by Gasteiger charge is 2.16. The second-order valence-corrected chi connectivity index (χ2v) is 6.73. The highest BCUT2D eigenvalue weighted by Crippen LogP contribution is 2.36. The van der Waals surface area contributed by atoms with Crippen molar-refractivity contribution in [2.24, 2.45) is 0 Å². The van der Waals surface area contributed by atoms with Crippen molar-refractivity contribution in [1.82, 2.24) is 10.2 Å². The van der Waals surface area contributed by atoms with Crippen molar-refractivity contribution in [2.75, 3.05) is 33.4 Å². The molecule has 0 bridgehead atoms. The van der Waals surface area contributed by atoms with Crippen molar-refractivity contribution in [2.45, 2.75) is 45.6 Å². The van der Waals surface area contributed by atoms with Crippen molar-refractivity contribution in [3.8, 4) is 11.5 Å². The molecule has 1 aromatic rings. The van der Waals surface area contributed by atoms with E-state index in [1.807, 2.05) is 24.0 Å². The average Bonchev–Trinajstić information content (AvgIpc) is 2.81. The summed E-state index contributed by atoms with van der Waals surface area (Å²) in [5.41, 5.74) is 1.04. The van der Waals surface area contributed by atoms with Gasteiger partial charge in [-0.2, -0.15) is 0 Å². The molecule has 2 rings (SSSR count). The van der Waals surface area contributed by atoms with Gasteiger partial charge in [0.25, 0.3) is 0 Å². The number of carbonyl (C=O) groups excluding carboxylic acids is 1. The van der Waals surface area contributed by atoms with Crippen LogP contribution in [-0.4, -0.2) is 44.2 Å². The number of rotatable bonds is 9. The number of ether oxygens (including phenoxy) is 2. The molecule has 0 spiro atoms. The van der Waals surface area contributed by atoms with Crippen molar-refractivity contribution in [3.63, 3.8) is 0 Å². The minimum Gasteiger partial charge on any atom is -0.493 e. The lowest BCUT2D eigenvalue weighted by Crippen LogP contribution is -2.36. The van der Waals surface area contributed by atoms with E-state index in [9.17, 15) is 4.79 Å². The number of hydrogen-bond acceptors (Lipinski definition) is 4. The molecule has 0 saturated carbocycles. The van der Waals surface area contributed by atoms with Crippen LogP contribution in [0.25, 0.3) is 0 Å². The molecule has 5 nitrogen and oxygen atoms in total. The van der Waals surface area contributed by atoms with E-state index >= 15 is 0 Å². The third kappa shape index (κ3) is 6.08. The maximum Gasteiger partial charge on any atom is 0.222 e. The summed E-state index contributed by atoms with van der Waals surface area (Å²) in [5, 5.41) is 3.94. The van der Waals surface area contributed by atoms with Gasteiger partial charge in [-0.15, -0.1) is 0 Å². The molecule has 0 atom stereocenters. The molecule has 1 aliphatic rings. The monoisotopic (exact) mass is 368 g/mol. The van der Waals surface area contributed by atoms with E-state index in [2.05, 4.69) is 5.32 Å². The van der Waals surface area contributed by atoms with Gasteiger partial charge in [-0.25, -0.2) is 0 Å². The molecule has 1 aromatic carbocycles. The first kappa shape index (κ1) is 19.9. The van der Waals surface area contributed by atoms with Gasteiger partial charge < -0.3 is 19.7 Å². The van der Waals surface area contributed by atoms with E-state index in [1.165, 1.54) is 0 Å². The van der Waals surface area contributed by atoms with Crippen LogP contribution in [0.3, 0.4) is 0 Å². The topological polar surface area (TPSA) is 50.8 Å². The smallest absolute Gasteiger partial charge is 0.222 e. The lowest BCUT2D eigenvalue weighted by molar-refractivity contribution is -0.130. The van der Waals surface area contributed by atoms with Crippen LogP contribution in [0.5, 0.6) is 11.5 Å². The Balaban J connectivity index is 1.85. The summed E-state index contributed by atoms with van der Waals surface area (Å²) in [6.45, 7) is 5.72.